The van der Waals surface area contributed by atoms with Crippen LogP contribution in [0.25, 0.3) is 0 Å². The van der Waals surface area contributed by atoms with Crippen molar-refractivity contribution in [3.05, 3.63) is 10.8 Å². The van der Waals surface area contributed by atoms with Crippen LogP contribution >= 0.6 is 11.3 Å². The number of thiophene rings is 1. The lowest BCUT2D eigenvalue weighted by molar-refractivity contribution is 0.133. The molecule has 0 saturated heterocycles. The molecule has 1 aliphatic rings. The molecular formula is C11H17NOS. The second-order valence-corrected chi connectivity index (χ2v) is 4.51. The largest absolute Gasteiger partial charge is 0.485 e. The summed E-state index contributed by atoms with van der Waals surface area (Å²) in [5.41, 5.74) is 1.16. The predicted molar refractivity (Wildman–Crippen MR) is 61.3 cm³/mol. The van der Waals surface area contributed by atoms with Gasteiger partial charge in [-0.3, -0.25) is 0 Å². The van der Waals surface area contributed by atoms with Gasteiger partial charge in [-0.25, -0.2) is 0 Å². The molecule has 2 nitrogen and oxygen atoms in total. The van der Waals surface area contributed by atoms with Crippen molar-refractivity contribution in [1.82, 2.24) is 0 Å². The van der Waals surface area contributed by atoms with E-state index < -0.39 is 0 Å². The van der Waals surface area contributed by atoms with Gasteiger partial charge < -0.3 is 10.1 Å². The molecule has 0 aromatic carbocycles. The molecule has 0 amide bonds. The van der Waals surface area contributed by atoms with Crippen LogP contribution in [0.4, 0.5) is 5.69 Å². The highest BCUT2D eigenvalue weighted by atomic mass is 32.1. The monoisotopic (exact) mass is 211 g/mol. The van der Waals surface area contributed by atoms with Gasteiger partial charge in [-0.1, -0.05) is 13.8 Å². The number of ether oxygens (including phenoxy) is 1. The molecule has 2 rings (SSSR count). The van der Waals surface area contributed by atoms with Crippen LogP contribution in [-0.2, 0) is 0 Å². The molecule has 0 spiro atoms. The highest BCUT2D eigenvalue weighted by Crippen LogP contribution is 2.35. The average molecular weight is 211 g/mol. The van der Waals surface area contributed by atoms with Gasteiger partial charge in [0.05, 0.1) is 12.2 Å². The Hall–Kier alpha value is -0.700. The van der Waals surface area contributed by atoms with Crippen molar-refractivity contribution in [2.75, 3.05) is 11.9 Å². The van der Waals surface area contributed by atoms with Crippen molar-refractivity contribution in [2.24, 2.45) is 5.92 Å². The molecule has 0 aliphatic carbocycles. The minimum atomic E-state index is 0.354. The fraction of sp³-hybridized carbons (Fsp3) is 0.636. The molecule has 1 aliphatic heterocycles. The van der Waals surface area contributed by atoms with Crippen LogP contribution in [0, 0.1) is 5.92 Å². The first-order chi connectivity index (χ1) is 6.85. The van der Waals surface area contributed by atoms with Crippen molar-refractivity contribution in [3.63, 3.8) is 0 Å². The third-order valence-electron chi connectivity index (χ3n) is 2.97. The topological polar surface area (TPSA) is 21.3 Å². The molecule has 3 heteroatoms. The molecule has 1 aromatic heterocycles. The molecule has 0 fully saturated rings. The summed E-state index contributed by atoms with van der Waals surface area (Å²) in [6, 6.07) is 0. The average Bonchev–Trinajstić information content (AvgIpc) is 2.66. The second kappa shape index (κ2) is 4.22. The quantitative estimate of drug-likeness (QED) is 0.827. The minimum absolute atomic E-state index is 0.354. The number of fused-ring (bicyclic) bond motifs is 1. The van der Waals surface area contributed by atoms with Gasteiger partial charge in [0.15, 0.2) is 5.75 Å². The Morgan fingerprint density at radius 1 is 1.50 bits per heavy atom. The van der Waals surface area contributed by atoms with Crippen molar-refractivity contribution >= 4 is 17.0 Å². The first-order valence-electron chi connectivity index (χ1n) is 5.31. The first kappa shape index (κ1) is 9.84. The first-order valence-corrected chi connectivity index (χ1v) is 6.26. The van der Waals surface area contributed by atoms with Crippen LogP contribution in [0.15, 0.2) is 10.8 Å². The number of nitrogens with one attached hydrogen (secondary N) is 1. The molecule has 1 atom stereocenters. The molecule has 1 N–H and O–H groups in total. The van der Waals surface area contributed by atoms with Crippen LogP contribution in [0.3, 0.4) is 0 Å². The summed E-state index contributed by atoms with van der Waals surface area (Å²) in [7, 11) is 0. The van der Waals surface area contributed by atoms with Gasteiger partial charge in [-0.05, 0) is 18.8 Å². The maximum atomic E-state index is 5.96. The van der Waals surface area contributed by atoms with Gasteiger partial charge in [0.25, 0.3) is 0 Å². The van der Waals surface area contributed by atoms with Crippen molar-refractivity contribution in [2.45, 2.75) is 32.8 Å². The van der Waals surface area contributed by atoms with E-state index in [0.29, 0.717) is 12.0 Å². The van der Waals surface area contributed by atoms with E-state index in [2.05, 4.69) is 29.9 Å². The Labute approximate surface area is 89.3 Å². The van der Waals surface area contributed by atoms with Gasteiger partial charge in [-0.2, -0.15) is 0 Å². The summed E-state index contributed by atoms with van der Waals surface area (Å²) in [5, 5.41) is 7.62. The predicted octanol–water partition coefficient (Wildman–Crippen LogP) is 3.36. The molecule has 1 aromatic rings. The van der Waals surface area contributed by atoms with Crippen LogP contribution in [0.2, 0.25) is 0 Å². The molecular weight excluding hydrogens is 194 g/mol. The van der Waals surface area contributed by atoms with Gasteiger partial charge in [0, 0.05) is 10.8 Å². The van der Waals surface area contributed by atoms with E-state index in [1.165, 1.54) is 12.8 Å². The third-order valence-corrected chi connectivity index (χ3v) is 3.69. The zero-order chi connectivity index (χ0) is 9.97. The van der Waals surface area contributed by atoms with Crippen LogP contribution in [0.1, 0.15) is 26.7 Å². The molecule has 2 heterocycles. The molecule has 1 unspecified atom stereocenters. The molecule has 14 heavy (non-hydrogen) atoms. The summed E-state index contributed by atoms with van der Waals surface area (Å²) in [5.74, 6) is 1.72. The number of hydrogen-bond acceptors (Lipinski definition) is 3. The fourth-order valence-electron chi connectivity index (χ4n) is 2.00. The van der Waals surface area contributed by atoms with Gasteiger partial charge in [-0.15, -0.1) is 11.3 Å². The summed E-state index contributed by atoms with van der Waals surface area (Å²) in [4.78, 5) is 0. The van der Waals surface area contributed by atoms with E-state index in [9.17, 15) is 0 Å². The van der Waals surface area contributed by atoms with Crippen molar-refractivity contribution in [3.8, 4) is 5.75 Å². The van der Waals surface area contributed by atoms with Crippen LogP contribution in [-0.4, -0.2) is 12.6 Å². The van der Waals surface area contributed by atoms with Crippen molar-refractivity contribution in [1.29, 1.82) is 0 Å². The maximum Gasteiger partial charge on any atom is 0.153 e. The zero-order valence-electron chi connectivity index (χ0n) is 8.75. The summed E-state index contributed by atoms with van der Waals surface area (Å²) >= 11 is 1.70. The van der Waals surface area contributed by atoms with E-state index in [1.54, 1.807) is 11.3 Å². The lowest BCUT2D eigenvalue weighted by atomic mass is 9.95. The highest BCUT2D eigenvalue weighted by molar-refractivity contribution is 7.08. The zero-order valence-corrected chi connectivity index (χ0v) is 9.56. The Morgan fingerprint density at radius 2 is 2.29 bits per heavy atom. The Kier molecular flexibility index (Phi) is 2.96. The summed E-state index contributed by atoms with van der Waals surface area (Å²) < 4.78 is 5.96. The van der Waals surface area contributed by atoms with Crippen molar-refractivity contribution < 1.29 is 4.74 Å². The van der Waals surface area contributed by atoms with Gasteiger partial charge in [0.2, 0.25) is 0 Å². The van der Waals surface area contributed by atoms with Gasteiger partial charge >= 0.3 is 0 Å². The van der Waals surface area contributed by atoms with E-state index in [0.717, 1.165) is 18.0 Å². The van der Waals surface area contributed by atoms with E-state index in [-0.39, 0.29) is 0 Å². The standard InChI is InChI=1S/C11H17NOS/c1-3-8(4-2)10-5-12-9-6-14-7-11(9)13-10/h6-8,10,12H,3-5H2,1-2H3. The van der Waals surface area contributed by atoms with Crippen LogP contribution in [0.5, 0.6) is 5.75 Å². The number of rotatable bonds is 3. The summed E-state index contributed by atoms with van der Waals surface area (Å²) in [6.45, 7) is 5.43. The lowest BCUT2D eigenvalue weighted by Gasteiger charge is -2.30. The minimum Gasteiger partial charge on any atom is -0.485 e. The van der Waals surface area contributed by atoms with E-state index in [4.69, 9.17) is 4.74 Å². The van der Waals surface area contributed by atoms with Crippen LogP contribution < -0.4 is 10.1 Å². The Morgan fingerprint density at radius 3 is 3.00 bits per heavy atom. The molecule has 78 valence electrons. The number of anilines is 1. The smallest absolute Gasteiger partial charge is 0.153 e. The van der Waals surface area contributed by atoms with E-state index >= 15 is 0 Å². The maximum absolute atomic E-state index is 5.96. The Bertz CT molecular complexity index is 293. The Balaban J connectivity index is 2.06. The number of hydrogen-bond donors (Lipinski definition) is 1. The molecule has 0 saturated carbocycles. The normalized spacial score (nSPS) is 20.1. The second-order valence-electron chi connectivity index (χ2n) is 3.76. The SMILES string of the molecule is CCC(CC)C1CNc2cscc2O1. The third kappa shape index (κ3) is 1.73. The van der Waals surface area contributed by atoms with Gasteiger partial charge in [0.1, 0.15) is 6.10 Å². The summed E-state index contributed by atoms with van der Waals surface area (Å²) in [6.07, 6.45) is 2.75. The highest BCUT2D eigenvalue weighted by Gasteiger charge is 2.25. The molecule has 0 radical (unpaired) electrons. The fourth-order valence-corrected chi connectivity index (χ4v) is 2.71. The lowest BCUT2D eigenvalue weighted by Crippen LogP contribution is -2.36. The molecule has 0 bridgehead atoms. The van der Waals surface area contributed by atoms with E-state index in [1.807, 2.05) is 0 Å².